The van der Waals surface area contributed by atoms with Crippen molar-refractivity contribution in [1.82, 2.24) is 10.2 Å². The number of nitrogens with zero attached hydrogens (tertiary/aromatic N) is 1. The number of allylic oxidation sites excluding steroid dienone is 5. The highest BCUT2D eigenvalue weighted by Crippen LogP contribution is 2.19. The number of primary amides is 1. The molecule has 1 rings (SSSR count). The minimum Gasteiger partial charge on any atom is -0.368 e. The molecular formula is C18H27N3O3. The standard InChI is InChI=1S/C18H27N3O3/c1-3-7-15(8-6-12-20-14(2)22)10-11-17(23)21-13-5-4-9-16(21)18(19)24/h3,6-8,12,16H,4-5,9-11,13H2,1-2H3,(H2,19,24)(H,20,22)/b7-3-,12-6+,15-8+. The maximum Gasteiger partial charge on any atom is 0.240 e. The Kier molecular flexibility index (Phi) is 8.54. The van der Waals surface area contributed by atoms with Gasteiger partial charge in [0.1, 0.15) is 6.04 Å². The van der Waals surface area contributed by atoms with E-state index in [-0.39, 0.29) is 11.8 Å². The minimum atomic E-state index is -0.472. The molecule has 1 saturated heterocycles. The molecule has 24 heavy (non-hydrogen) atoms. The molecule has 1 aliphatic rings. The minimum absolute atomic E-state index is 0.0419. The third-order valence-electron chi connectivity index (χ3n) is 3.85. The molecule has 3 amide bonds. The number of nitrogens with two attached hydrogens (primary N) is 1. The first-order valence-electron chi connectivity index (χ1n) is 8.30. The van der Waals surface area contributed by atoms with Gasteiger partial charge in [0.25, 0.3) is 0 Å². The lowest BCUT2D eigenvalue weighted by atomic mass is 10.00. The van der Waals surface area contributed by atoms with Crippen LogP contribution < -0.4 is 11.1 Å². The second-order valence-electron chi connectivity index (χ2n) is 5.80. The summed E-state index contributed by atoms with van der Waals surface area (Å²) in [6, 6.07) is -0.472. The number of hydrogen-bond acceptors (Lipinski definition) is 3. The first-order valence-corrected chi connectivity index (χ1v) is 8.30. The second kappa shape index (κ2) is 10.4. The van der Waals surface area contributed by atoms with Gasteiger partial charge in [-0.3, -0.25) is 14.4 Å². The van der Waals surface area contributed by atoms with E-state index >= 15 is 0 Å². The van der Waals surface area contributed by atoms with Gasteiger partial charge in [-0.15, -0.1) is 0 Å². The van der Waals surface area contributed by atoms with E-state index in [0.717, 1.165) is 18.4 Å². The first kappa shape index (κ1) is 19.7. The van der Waals surface area contributed by atoms with Crippen molar-refractivity contribution in [2.75, 3.05) is 6.54 Å². The molecule has 0 saturated carbocycles. The van der Waals surface area contributed by atoms with Crippen molar-refractivity contribution in [3.63, 3.8) is 0 Å². The third kappa shape index (κ3) is 6.81. The summed E-state index contributed by atoms with van der Waals surface area (Å²) in [7, 11) is 0. The van der Waals surface area contributed by atoms with Gasteiger partial charge in [-0.1, -0.05) is 18.2 Å². The Hall–Kier alpha value is -2.37. The zero-order valence-corrected chi connectivity index (χ0v) is 14.5. The fourth-order valence-corrected chi connectivity index (χ4v) is 2.69. The second-order valence-corrected chi connectivity index (χ2v) is 5.80. The monoisotopic (exact) mass is 333 g/mol. The molecule has 6 heteroatoms. The van der Waals surface area contributed by atoms with Gasteiger partial charge < -0.3 is 16.0 Å². The van der Waals surface area contributed by atoms with Gasteiger partial charge in [0, 0.05) is 26.1 Å². The molecule has 0 bridgehead atoms. The highest BCUT2D eigenvalue weighted by Gasteiger charge is 2.30. The van der Waals surface area contributed by atoms with Crippen molar-refractivity contribution in [3.8, 4) is 0 Å². The Morgan fingerprint density at radius 3 is 2.62 bits per heavy atom. The van der Waals surface area contributed by atoms with Crippen LogP contribution in [-0.4, -0.2) is 35.2 Å². The van der Waals surface area contributed by atoms with Crippen LogP contribution in [0.15, 0.2) is 36.1 Å². The largest absolute Gasteiger partial charge is 0.368 e. The van der Waals surface area contributed by atoms with Gasteiger partial charge in [-0.2, -0.15) is 0 Å². The maximum atomic E-state index is 12.4. The van der Waals surface area contributed by atoms with Crippen LogP contribution in [0.25, 0.3) is 0 Å². The fraction of sp³-hybridized carbons (Fsp3) is 0.500. The summed E-state index contributed by atoms with van der Waals surface area (Å²) in [4.78, 5) is 36.4. The van der Waals surface area contributed by atoms with Crippen molar-refractivity contribution in [1.29, 1.82) is 0 Å². The molecule has 0 aliphatic carbocycles. The van der Waals surface area contributed by atoms with Crippen molar-refractivity contribution in [2.45, 2.75) is 52.0 Å². The first-order chi connectivity index (χ1) is 11.5. The van der Waals surface area contributed by atoms with Gasteiger partial charge in [0.05, 0.1) is 0 Å². The number of likely N-dealkylation sites (tertiary alicyclic amines) is 1. The van der Waals surface area contributed by atoms with Crippen LogP contribution in [0.1, 0.15) is 46.0 Å². The fourth-order valence-electron chi connectivity index (χ4n) is 2.69. The van der Waals surface area contributed by atoms with Crippen LogP contribution in [0.2, 0.25) is 0 Å². The molecule has 1 unspecified atom stereocenters. The number of carbonyl (C=O) groups excluding carboxylic acids is 3. The van der Waals surface area contributed by atoms with E-state index < -0.39 is 11.9 Å². The Bertz CT molecular complexity index is 550. The van der Waals surface area contributed by atoms with Crippen molar-refractivity contribution >= 4 is 17.7 Å². The molecule has 1 fully saturated rings. The number of carbonyl (C=O) groups is 3. The van der Waals surface area contributed by atoms with Gasteiger partial charge >= 0.3 is 0 Å². The number of hydrogen-bond donors (Lipinski definition) is 2. The molecule has 1 heterocycles. The summed E-state index contributed by atoms with van der Waals surface area (Å²) in [5.74, 6) is -0.602. The van der Waals surface area contributed by atoms with Crippen LogP contribution in [-0.2, 0) is 14.4 Å². The van der Waals surface area contributed by atoms with Gasteiger partial charge in [0.15, 0.2) is 0 Å². The molecule has 0 spiro atoms. The van der Waals surface area contributed by atoms with Crippen LogP contribution in [0.3, 0.4) is 0 Å². The normalized spacial score (nSPS) is 19.0. The number of amides is 3. The van der Waals surface area contributed by atoms with Gasteiger partial charge in [0.2, 0.25) is 17.7 Å². The van der Waals surface area contributed by atoms with E-state index in [4.69, 9.17) is 5.73 Å². The number of nitrogens with one attached hydrogen (secondary N) is 1. The summed E-state index contributed by atoms with van der Waals surface area (Å²) in [6.07, 6.45) is 12.3. The lowest BCUT2D eigenvalue weighted by Crippen LogP contribution is -2.50. The van der Waals surface area contributed by atoms with E-state index in [2.05, 4.69) is 5.32 Å². The predicted molar refractivity (Wildman–Crippen MR) is 93.6 cm³/mol. The lowest BCUT2D eigenvalue weighted by molar-refractivity contribution is -0.141. The zero-order valence-electron chi connectivity index (χ0n) is 14.5. The lowest BCUT2D eigenvalue weighted by Gasteiger charge is -2.33. The van der Waals surface area contributed by atoms with Crippen LogP contribution >= 0.6 is 0 Å². The van der Waals surface area contributed by atoms with Crippen molar-refractivity contribution < 1.29 is 14.4 Å². The molecular weight excluding hydrogens is 306 g/mol. The molecule has 3 N–H and O–H groups in total. The van der Waals surface area contributed by atoms with Crippen LogP contribution in [0, 0.1) is 0 Å². The topological polar surface area (TPSA) is 92.5 Å². The average molecular weight is 333 g/mol. The van der Waals surface area contributed by atoms with E-state index in [0.29, 0.717) is 25.8 Å². The van der Waals surface area contributed by atoms with Gasteiger partial charge in [-0.05, 0) is 44.3 Å². The molecule has 6 nitrogen and oxygen atoms in total. The molecule has 0 radical (unpaired) electrons. The smallest absolute Gasteiger partial charge is 0.240 e. The van der Waals surface area contributed by atoms with Crippen molar-refractivity contribution in [3.05, 3.63) is 36.1 Å². The van der Waals surface area contributed by atoms with E-state index in [1.165, 1.54) is 6.92 Å². The molecule has 132 valence electrons. The van der Waals surface area contributed by atoms with Crippen molar-refractivity contribution in [2.24, 2.45) is 5.73 Å². The molecule has 0 aromatic heterocycles. The third-order valence-corrected chi connectivity index (χ3v) is 3.85. The van der Waals surface area contributed by atoms with Crippen LogP contribution in [0.5, 0.6) is 0 Å². The summed E-state index contributed by atoms with van der Waals surface area (Å²) in [5, 5.41) is 2.56. The average Bonchev–Trinajstić information content (AvgIpc) is 2.55. The van der Waals surface area contributed by atoms with Gasteiger partial charge in [-0.25, -0.2) is 0 Å². The summed E-state index contributed by atoms with van der Waals surface area (Å²) in [5.41, 5.74) is 6.38. The molecule has 1 atom stereocenters. The molecule has 1 aliphatic heterocycles. The molecule has 0 aromatic rings. The Morgan fingerprint density at radius 2 is 2.00 bits per heavy atom. The Labute approximate surface area is 143 Å². The highest BCUT2D eigenvalue weighted by atomic mass is 16.2. The zero-order chi connectivity index (χ0) is 17.9. The van der Waals surface area contributed by atoms with Crippen LogP contribution in [0.4, 0.5) is 0 Å². The van der Waals surface area contributed by atoms with E-state index in [1.54, 1.807) is 17.2 Å². The molecule has 0 aromatic carbocycles. The summed E-state index contributed by atoms with van der Waals surface area (Å²) < 4.78 is 0. The van der Waals surface area contributed by atoms with E-state index in [1.807, 2.05) is 25.2 Å². The summed E-state index contributed by atoms with van der Waals surface area (Å²) in [6.45, 7) is 3.94. The quantitative estimate of drug-likeness (QED) is 0.696. The Morgan fingerprint density at radius 1 is 1.25 bits per heavy atom. The number of piperidine rings is 1. The SMILES string of the molecule is C\C=C/C(=C\C=C\NC(C)=O)CCC(=O)N1CCCCC1C(N)=O. The predicted octanol–water partition coefficient (Wildman–Crippen LogP) is 1.79. The number of rotatable bonds is 7. The highest BCUT2D eigenvalue weighted by molar-refractivity contribution is 5.87. The maximum absolute atomic E-state index is 12.4. The Balaban J connectivity index is 2.63. The summed E-state index contributed by atoms with van der Waals surface area (Å²) >= 11 is 0. The van der Waals surface area contributed by atoms with E-state index in [9.17, 15) is 14.4 Å².